The SMILES string of the molecule is CC1(c2ccc3nc4sc(C(=O)NCCN)cc4cc3c2)CCCC1.O=[N+]([O-])C1=CC=CCC1. The summed E-state index contributed by atoms with van der Waals surface area (Å²) in [6.07, 6.45) is 11.7. The van der Waals surface area contributed by atoms with Gasteiger partial charge >= 0.3 is 0 Å². The van der Waals surface area contributed by atoms with Crippen molar-refractivity contribution in [3.8, 4) is 0 Å². The quantitative estimate of drug-likeness (QED) is 0.373. The summed E-state index contributed by atoms with van der Waals surface area (Å²) < 4.78 is 0. The number of aromatic nitrogens is 1. The zero-order chi connectivity index (χ0) is 24.1. The fourth-order valence-electron chi connectivity index (χ4n) is 4.58. The van der Waals surface area contributed by atoms with Gasteiger partial charge in [-0.1, -0.05) is 38.0 Å². The van der Waals surface area contributed by atoms with E-state index in [9.17, 15) is 14.9 Å². The van der Waals surface area contributed by atoms with Gasteiger partial charge in [-0.25, -0.2) is 4.98 Å². The maximum Gasteiger partial charge on any atom is 0.261 e. The van der Waals surface area contributed by atoms with Crippen LogP contribution in [0.1, 0.15) is 60.7 Å². The lowest BCUT2D eigenvalue weighted by atomic mass is 9.80. The van der Waals surface area contributed by atoms with Gasteiger partial charge in [0.25, 0.3) is 5.91 Å². The molecule has 0 saturated heterocycles. The van der Waals surface area contributed by atoms with Crippen molar-refractivity contribution in [3.05, 3.63) is 74.8 Å². The molecule has 0 bridgehead atoms. The number of benzene rings is 1. The number of nitro groups is 1. The summed E-state index contributed by atoms with van der Waals surface area (Å²) in [7, 11) is 0. The molecule has 2 aliphatic rings. The van der Waals surface area contributed by atoms with Crippen LogP contribution in [0.2, 0.25) is 0 Å². The molecule has 0 radical (unpaired) electrons. The van der Waals surface area contributed by atoms with Crippen molar-refractivity contribution in [2.75, 3.05) is 13.1 Å². The minimum atomic E-state index is -0.330. The molecule has 8 heteroatoms. The van der Waals surface area contributed by atoms with Gasteiger partial charge in [-0.15, -0.1) is 11.3 Å². The number of nitrogens with one attached hydrogen (secondary N) is 1. The van der Waals surface area contributed by atoms with E-state index in [4.69, 9.17) is 10.7 Å². The van der Waals surface area contributed by atoms with Crippen molar-refractivity contribution < 1.29 is 9.72 Å². The number of carbonyl (C=O) groups is 1. The molecule has 1 aromatic carbocycles. The van der Waals surface area contributed by atoms with E-state index in [-0.39, 0.29) is 10.8 Å². The lowest BCUT2D eigenvalue weighted by Crippen LogP contribution is -2.28. The Morgan fingerprint density at radius 1 is 1.24 bits per heavy atom. The molecule has 3 N–H and O–H groups in total. The molecular formula is C26H30N4O3S. The van der Waals surface area contributed by atoms with Crippen molar-refractivity contribution in [3.63, 3.8) is 0 Å². The third-order valence-electron chi connectivity index (χ3n) is 6.58. The number of thiophene rings is 1. The lowest BCUT2D eigenvalue weighted by Gasteiger charge is -2.24. The van der Waals surface area contributed by atoms with E-state index in [1.54, 1.807) is 12.2 Å². The predicted molar refractivity (Wildman–Crippen MR) is 138 cm³/mol. The molecule has 178 valence electrons. The molecule has 2 heterocycles. The highest BCUT2D eigenvalue weighted by Gasteiger charge is 2.30. The fraction of sp³-hybridized carbons (Fsp3) is 0.385. The Labute approximate surface area is 202 Å². The van der Waals surface area contributed by atoms with E-state index in [0.29, 0.717) is 35.5 Å². The number of fused-ring (bicyclic) bond motifs is 2. The number of hydrogen-bond donors (Lipinski definition) is 2. The number of rotatable bonds is 5. The second-order valence-corrected chi connectivity index (χ2v) is 10.1. The normalized spacial score (nSPS) is 16.7. The van der Waals surface area contributed by atoms with Crippen LogP contribution in [0.25, 0.3) is 21.1 Å². The Balaban J connectivity index is 0.000000257. The second-order valence-electron chi connectivity index (χ2n) is 9.10. The molecule has 1 saturated carbocycles. The van der Waals surface area contributed by atoms with Gasteiger partial charge in [-0.2, -0.15) is 0 Å². The topological polar surface area (TPSA) is 111 Å². The lowest BCUT2D eigenvalue weighted by molar-refractivity contribution is -0.428. The number of amides is 1. The van der Waals surface area contributed by atoms with E-state index in [2.05, 4.69) is 36.5 Å². The van der Waals surface area contributed by atoms with E-state index >= 15 is 0 Å². The fourth-order valence-corrected chi connectivity index (χ4v) is 5.52. The van der Waals surface area contributed by atoms with E-state index in [1.807, 2.05) is 12.1 Å². The zero-order valence-corrected chi connectivity index (χ0v) is 20.2. The summed E-state index contributed by atoms with van der Waals surface area (Å²) in [5.74, 6) is -0.0725. The molecule has 0 aliphatic heterocycles. The number of hydrogen-bond acceptors (Lipinski definition) is 6. The summed E-state index contributed by atoms with van der Waals surface area (Å²) in [5.41, 5.74) is 8.47. The summed E-state index contributed by atoms with van der Waals surface area (Å²) in [5, 5.41) is 15.1. The first-order chi connectivity index (χ1) is 16.4. The van der Waals surface area contributed by atoms with Crippen molar-refractivity contribution in [2.45, 2.75) is 50.9 Å². The second kappa shape index (κ2) is 10.4. The highest BCUT2D eigenvalue weighted by atomic mass is 32.1. The monoisotopic (exact) mass is 478 g/mol. The molecule has 7 nitrogen and oxygen atoms in total. The molecule has 0 unspecified atom stereocenters. The van der Waals surface area contributed by atoms with Gasteiger partial charge in [0.05, 0.1) is 15.3 Å². The maximum absolute atomic E-state index is 12.2. The number of nitrogens with two attached hydrogens (primary N) is 1. The third-order valence-corrected chi connectivity index (χ3v) is 7.63. The van der Waals surface area contributed by atoms with Crippen LogP contribution < -0.4 is 11.1 Å². The average Bonchev–Trinajstić information content (AvgIpc) is 3.48. The number of nitrogens with zero attached hydrogens (tertiary/aromatic N) is 2. The zero-order valence-electron chi connectivity index (χ0n) is 19.4. The van der Waals surface area contributed by atoms with Crippen LogP contribution in [0.15, 0.2) is 54.3 Å². The molecule has 3 aromatic rings. The Morgan fingerprint density at radius 2 is 2.03 bits per heavy atom. The first-order valence-electron chi connectivity index (χ1n) is 11.7. The van der Waals surface area contributed by atoms with Gasteiger partial charge < -0.3 is 11.1 Å². The van der Waals surface area contributed by atoms with Gasteiger partial charge in [-0.3, -0.25) is 14.9 Å². The molecule has 2 aromatic heterocycles. The first-order valence-corrected chi connectivity index (χ1v) is 12.5. The van der Waals surface area contributed by atoms with E-state index in [0.717, 1.165) is 27.5 Å². The molecule has 1 amide bonds. The highest BCUT2D eigenvalue weighted by Crippen LogP contribution is 2.41. The van der Waals surface area contributed by atoms with Crippen LogP contribution in [0.4, 0.5) is 0 Å². The Hall–Kier alpha value is -3.10. The van der Waals surface area contributed by atoms with Gasteiger partial charge in [0, 0.05) is 36.4 Å². The van der Waals surface area contributed by atoms with Crippen LogP contribution in [0, 0.1) is 10.1 Å². The average molecular weight is 479 g/mol. The minimum Gasteiger partial charge on any atom is -0.350 e. The highest BCUT2D eigenvalue weighted by molar-refractivity contribution is 7.20. The Bertz CT molecular complexity index is 1270. The largest absolute Gasteiger partial charge is 0.350 e. The van der Waals surface area contributed by atoms with E-state index in [1.165, 1.54) is 42.6 Å². The Kier molecular flexibility index (Phi) is 7.38. The molecule has 1 fully saturated rings. The van der Waals surface area contributed by atoms with Gasteiger partial charge in [0.2, 0.25) is 5.70 Å². The van der Waals surface area contributed by atoms with E-state index < -0.39 is 0 Å². The van der Waals surface area contributed by atoms with Gasteiger partial charge in [0.1, 0.15) is 4.83 Å². The van der Waals surface area contributed by atoms with Crippen LogP contribution in [0.5, 0.6) is 0 Å². The molecular weight excluding hydrogens is 448 g/mol. The standard InChI is InChI=1S/C20H23N3OS.C6H7NO2/c1-20(6-2-3-7-20)15-4-5-16-13(11-15)10-14-12-17(25-19(14)23-16)18(24)22-9-8-21;8-7(9)6-4-2-1-3-5-6/h4-5,10-12H,2-3,6-9,21H2,1H3,(H,22,24);1-2,4H,3,5H2. The van der Waals surface area contributed by atoms with Crippen molar-refractivity contribution in [1.29, 1.82) is 0 Å². The summed E-state index contributed by atoms with van der Waals surface area (Å²) in [4.78, 5) is 28.2. The molecule has 34 heavy (non-hydrogen) atoms. The smallest absolute Gasteiger partial charge is 0.261 e. The minimum absolute atomic E-state index is 0.0725. The van der Waals surface area contributed by atoms with Crippen LogP contribution in [-0.4, -0.2) is 28.9 Å². The molecule has 5 rings (SSSR count). The summed E-state index contributed by atoms with van der Waals surface area (Å²) in [6.45, 7) is 3.31. The summed E-state index contributed by atoms with van der Waals surface area (Å²) >= 11 is 1.44. The van der Waals surface area contributed by atoms with Crippen LogP contribution in [-0.2, 0) is 5.41 Å². The number of allylic oxidation sites excluding steroid dienone is 4. The number of carbonyl (C=O) groups excluding carboxylic acids is 1. The maximum atomic E-state index is 12.2. The third kappa shape index (κ3) is 5.34. The van der Waals surface area contributed by atoms with Crippen LogP contribution >= 0.6 is 11.3 Å². The molecule has 2 aliphatic carbocycles. The van der Waals surface area contributed by atoms with Gasteiger partial charge in [0.15, 0.2) is 0 Å². The Morgan fingerprint density at radius 3 is 2.68 bits per heavy atom. The van der Waals surface area contributed by atoms with Crippen molar-refractivity contribution >= 4 is 38.4 Å². The molecule has 0 spiro atoms. The molecule has 0 atom stereocenters. The predicted octanol–water partition coefficient (Wildman–Crippen LogP) is 5.47. The van der Waals surface area contributed by atoms with Crippen LogP contribution in [0.3, 0.4) is 0 Å². The van der Waals surface area contributed by atoms with Gasteiger partial charge in [-0.05, 0) is 54.5 Å². The number of pyridine rings is 1. The summed E-state index contributed by atoms with van der Waals surface area (Å²) in [6, 6.07) is 10.7. The van der Waals surface area contributed by atoms with Crippen molar-refractivity contribution in [1.82, 2.24) is 10.3 Å². The first kappa shape index (κ1) is 24.0. The van der Waals surface area contributed by atoms with Crippen molar-refractivity contribution in [2.24, 2.45) is 5.73 Å².